The average molecular weight is 404 g/mol. The van der Waals surface area contributed by atoms with Crippen LogP contribution in [0.5, 0.6) is 0 Å². The first-order chi connectivity index (χ1) is 13.6. The van der Waals surface area contributed by atoms with Crippen LogP contribution in [0.3, 0.4) is 0 Å². The van der Waals surface area contributed by atoms with Crippen molar-refractivity contribution in [3.8, 4) is 0 Å². The number of hydrogen-bond donors (Lipinski definition) is 3. The molecule has 0 unspecified atom stereocenters. The molecule has 1 aromatic heterocycles. The third-order valence-corrected chi connectivity index (χ3v) is 5.54. The predicted octanol–water partition coefficient (Wildman–Crippen LogP) is 2.33. The van der Waals surface area contributed by atoms with E-state index in [0.717, 1.165) is 36.8 Å². The summed E-state index contributed by atoms with van der Waals surface area (Å²) in [5.74, 6) is 0. The number of aromatic amines is 1. The number of aliphatic hydroxyl groups is 1. The highest BCUT2D eigenvalue weighted by Gasteiger charge is 2.18. The number of hydrogen-bond acceptors (Lipinski definition) is 4. The van der Waals surface area contributed by atoms with Gasteiger partial charge in [-0.1, -0.05) is 13.0 Å². The number of aromatic nitrogens is 1. The van der Waals surface area contributed by atoms with Gasteiger partial charge in [0.15, 0.2) is 5.11 Å². The SMILES string of the molecule is CCc1ccc2[nH]c(=O)c(CN(CCCO)C(=S)NC[C@@H]3CCCO3)cc2c1. The molecule has 0 radical (unpaired) electrons. The molecule has 1 saturated heterocycles. The lowest BCUT2D eigenvalue weighted by molar-refractivity contribution is 0.113. The van der Waals surface area contributed by atoms with Crippen molar-refractivity contribution < 1.29 is 9.84 Å². The Hall–Kier alpha value is -1.96. The second kappa shape index (κ2) is 10.0. The molecule has 3 N–H and O–H groups in total. The number of aliphatic hydroxyl groups excluding tert-OH is 1. The molecule has 0 aliphatic carbocycles. The van der Waals surface area contributed by atoms with Gasteiger partial charge < -0.3 is 25.0 Å². The highest BCUT2D eigenvalue weighted by atomic mass is 32.1. The Labute approximate surface area is 170 Å². The van der Waals surface area contributed by atoms with E-state index in [2.05, 4.69) is 23.3 Å². The summed E-state index contributed by atoms with van der Waals surface area (Å²) in [7, 11) is 0. The molecule has 1 atom stereocenters. The van der Waals surface area contributed by atoms with Gasteiger partial charge in [-0.15, -0.1) is 0 Å². The van der Waals surface area contributed by atoms with Crippen molar-refractivity contribution in [2.24, 2.45) is 0 Å². The van der Waals surface area contributed by atoms with Gasteiger partial charge in [-0.05, 0) is 67.0 Å². The van der Waals surface area contributed by atoms with E-state index >= 15 is 0 Å². The molecule has 6 nitrogen and oxygen atoms in total. The van der Waals surface area contributed by atoms with Crippen molar-refractivity contribution in [2.75, 3.05) is 26.3 Å². The highest BCUT2D eigenvalue weighted by molar-refractivity contribution is 7.80. The molecule has 2 heterocycles. The molecular formula is C21H29N3O3S. The van der Waals surface area contributed by atoms with Crippen LogP contribution in [0.15, 0.2) is 29.1 Å². The molecule has 28 heavy (non-hydrogen) atoms. The molecule has 2 aromatic rings. The maximum atomic E-state index is 12.6. The van der Waals surface area contributed by atoms with Crippen LogP contribution in [-0.2, 0) is 17.7 Å². The van der Waals surface area contributed by atoms with Gasteiger partial charge in [0, 0.05) is 37.4 Å². The monoisotopic (exact) mass is 403 g/mol. The summed E-state index contributed by atoms with van der Waals surface area (Å²) < 4.78 is 5.64. The van der Waals surface area contributed by atoms with Crippen LogP contribution in [0.4, 0.5) is 0 Å². The predicted molar refractivity (Wildman–Crippen MR) is 116 cm³/mol. The minimum absolute atomic E-state index is 0.0821. The lowest BCUT2D eigenvalue weighted by atomic mass is 10.1. The summed E-state index contributed by atoms with van der Waals surface area (Å²) in [6.45, 7) is 4.66. The van der Waals surface area contributed by atoms with Crippen molar-refractivity contribution in [1.82, 2.24) is 15.2 Å². The van der Waals surface area contributed by atoms with Gasteiger partial charge in [0.2, 0.25) is 0 Å². The Morgan fingerprint density at radius 3 is 3.00 bits per heavy atom. The molecule has 0 saturated carbocycles. The van der Waals surface area contributed by atoms with Crippen molar-refractivity contribution in [3.63, 3.8) is 0 Å². The van der Waals surface area contributed by atoms with Crippen LogP contribution in [0.1, 0.15) is 37.3 Å². The lowest BCUT2D eigenvalue weighted by Gasteiger charge is -2.26. The van der Waals surface area contributed by atoms with Crippen LogP contribution in [-0.4, -0.2) is 52.5 Å². The molecule has 0 bridgehead atoms. The number of aryl methyl sites for hydroxylation is 1. The standard InChI is InChI=1S/C21H29N3O3S/c1-2-15-6-7-19-16(11-15)12-17(20(26)23-19)14-24(8-4-9-25)21(28)22-13-18-5-3-10-27-18/h6-7,11-12,18,25H,2-5,8-10,13-14H2,1H3,(H,22,28)(H,23,26)/t18-/m0/s1. The van der Waals surface area contributed by atoms with Gasteiger partial charge in [0.05, 0.1) is 12.6 Å². The van der Waals surface area contributed by atoms with Gasteiger partial charge in [0.25, 0.3) is 5.56 Å². The Morgan fingerprint density at radius 1 is 1.43 bits per heavy atom. The van der Waals surface area contributed by atoms with Crippen molar-refractivity contribution in [1.29, 1.82) is 0 Å². The Morgan fingerprint density at radius 2 is 2.29 bits per heavy atom. The molecule has 0 amide bonds. The fourth-order valence-electron chi connectivity index (χ4n) is 3.48. The molecule has 1 aliphatic heterocycles. The van der Waals surface area contributed by atoms with Gasteiger partial charge in [-0.2, -0.15) is 0 Å². The first-order valence-electron chi connectivity index (χ1n) is 10.0. The van der Waals surface area contributed by atoms with E-state index in [1.165, 1.54) is 5.56 Å². The summed E-state index contributed by atoms with van der Waals surface area (Å²) >= 11 is 5.57. The van der Waals surface area contributed by atoms with Crippen LogP contribution >= 0.6 is 12.2 Å². The molecule has 7 heteroatoms. The zero-order chi connectivity index (χ0) is 19.9. The largest absolute Gasteiger partial charge is 0.396 e. The second-order valence-electron chi connectivity index (χ2n) is 7.22. The minimum atomic E-state index is -0.104. The highest BCUT2D eigenvalue weighted by Crippen LogP contribution is 2.16. The Kier molecular flexibility index (Phi) is 7.42. The summed E-state index contributed by atoms with van der Waals surface area (Å²) in [6.07, 6.45) is 3.85. The number of rotatable bonds is 8. The van der Waals surface area contributed by atoms with Crippen LogP contribution in [0.25, 0.3) is 10.9 Å². The lowest BCUT2D eigenvalue weighted by Crippen LogP contribution is -2.43. The molecule has 1 fully saturated rings. The Bertz CT molecular complexity index is 862. The maximum Gasteiger partial charge on any atom is 0.253 e. The summed E-state index contributed by atoms with van der Waals surface area (Å²) in [6, 6.07) is 8.05. The van der Waals surface area contributed by atoms with Gasteiger partial charge in [-0.25, -0.2) is 0 Å². The van der Waals surface area contributed by atoms with E-state index in [1.54, 1.807) is 0 Å². The van der Waals surface area contributed by atoms with E-state index < -0.39 is 0 Å². The maximum absolute atomic E-state index is 12.6. The van der Waals surface area contributed by atoms with Crippen molar-refractivity contribution in [3.05, 3.63) is 45.7 Å². The van der Waals surface area contributed by atoms with Gasteiger partial charge >= 0.3 is 0 Å². The molecule has 1 aliphatic rings. The summed E-state index contributed by atoms with van der Waals surface area (Å²) in [5, 5.41) is 14.1. The van der Waals surface area contributed by atoms with Crippen molar-refractivity contribution in [2.45, 2.75) is 45.3 Å². The normalized spacial score (nSPS) is 16.4. The number of benzene rings is 1. The number of H-pyrrole nitrogens is 1. The molecule has 0 spiro atoms. The number of thiocarbonyl (C=S) groups is 1. The topological polar surface area (TPSA) is 77.6 Å². The van der Waals surface area contributed by atoms with Gasteiger partial charge in [-0.3, -0.25) is 4.79 Å². The third kappa shape index (κ3) is 5.31. The number of nitrogens with one attached hydrogen (secondary N) is 2. The van der Waals surface area contributed by atoms with E-state index in [-0.39, 0.29) is 18.3 Å². The summed E-state index contributed by atoms with van der Waals surface area (Å²) in [5.41, 5.74) is 2.64. The quantitative estimate of drug-likeness (QED) is 0.587. The van der Waals surface area contributed by atoms with Crippen LogP contribution in [0.2, 0.25) is 0 Å². The minimum Gasteiger partial charge on any atom is -0.396 e. The fraction of sp³-hybridized carbons (Fsp3) is 0.524. The molecule has 1 aromatic carbocycles. The van der Waals surface area contributed by atoms with Crippen LogP contribution < -0.4 is 10.9 Å². The number of pyridine rings is 1. The zero-order valence-electron chi connectivity index (χ0n) is 16.4. The molecule has 152 valence electrons. The fourth-order valence-corrected chi connectivity index (χ4v) is 3.72. The van der Waals surface area contributed by atoms with Crippen molar-refractivity contribution >= 4 is 28.2 Å². The van der Waals surface area contributed by atoms with E-state index in [0.29, 0.717) is 36.7 Å². The first-order valence-corrected chi connectivity index (χ1v) is 10.4. The third-order valence-electron chi connectivity index (χ3n) is 5.13. The van der Waals surface area contributed by atoms with E-state index in [9.17, 15) is 9.90 Å². The zero-order valence-corrected chi connectivity index (χ0v) is 17.2. The van der Waals surface area contributed by atoms with E-state index in [1.807, 2.05) is 23.1 Å². The first kappa shape index (κ1) is 20.8. The summed E-state index contributed by atoms with van der Waals surface area (Å²) in [4.78, 5) is 17.5. The van der Waals surface area contributed by atoms with Crippen LogP contribution in [0, 0.1) is 0 Å². The average Bonchev–Trinajstić information content (AvgIpc) is 3.22. The molecular weight excluding hydrogens is 374 g/mol. The molecule has 3 rings (SSSR count). The number of fused-ring (bicyclic) bond motifs is 1. The smallest absolute Gasteiger partial charge is 0.253 e. The van der Waals surface area contributed by atoms with E-state index in [4.69, 9.17) is 17.0 Å². The number of ether oxygens (including phenoxy) is 1. The number of nitrogens with zero attached hydrogens (tertiary/aromatic N) is 1. The van der Waals surface area contributed by atoms with Gasteiger partial charge in [0.1, 0.15) is 0 Å². The Balaban J connectivity index is 1.75. The second-order valence-corrected chi connectivity index (χ2v) is 7.61.